The summed E-state index contributed by atoms with van der Waals surface area (Å²) >= 11 is 0. The standard InChI is InChI=1S/C9H18N4O/c10-9(14)8-5-13(6-12-8)7-1-3-11-4-2-7/h7-8,11-12H,1-6H2,(H2,10,14). The molecule has 2 aliphatic rings. The summed E-state index contributed by atoms with van der Waals surface area (Å²) in [6.07, 6.45) is 2.35. The van der Waals surface area contributed by atoms with Crippen molar-refractivity contribution in [3.05, 3.63) is 0 Å². The molecule has 0 aliphatic carbocycles. The molecule has 14 heavy (non-hydrogen) atoms. The van der Waals surface area contributed by atoms with Crippen LogP contribution in [0.3, 0.4) is 0 Å². The Kier molecular flexibility index (Phi) is 3.00. The highest BCUT2D eigenvalue weighted by Gasteiger charge is 2.30. The van der Waals surface area contributed by atoms with Gasteiger partial charge in [-0.2, -0.15) is 0 Å². The van der Waals surface area contributed by atoms with Gasteiger partial charge < -0.3 is 11.1 Å². The molecule has 5 nitrogen and oxygen atoms in total. The van der Waals surface area contributed by atoms with Crippen LogP contribution in [-0.2, 0) is 4.79 Å². The topological polar surface area (TPSA) is 70.4 Å². The van der Waals surface area contributed by atoms with Crippen LogP contribution in [0.4, 0.5) is 0 Å². The largest absolute Gasteiger partial charge is 0.368 e. The summed E-state index contributed by atoms with van der Waals surface area (Å²) in [7, 11) is 0. The van der Waals surface area contributed by atoms with E-state index >= 15 is 0 Å². The molecule has 2 fully saturated rings. The lowest BCUT2D eigenvalue weighted by Gasteiger charge is -2.30. The summed E-state index contributed by atoms with van der Waals surface area (Å²) in [5.74, 6) is -0.235. The summed E-state index contributed by atoms with van der Waals surface area (Å²) in [6, 6.07) is 0.470. The fourth-order valence-electron chi connectivity index (χ4n) is 2.23. The van der Waals surface area contributed by atoms with Crippen molar-refractivity contribution in [2.75, 3.05) is 26.3 Å². The molecule has 80 valence electrons. The first-order chi connectivity index (χ1) is 6.77. The van der Waals surface area contributed by atoms with Gasteiger partial charge >= 0.3 is 0 Å². The maximum Gasteiger partial charge on any atom is 0.235 e. The molecule has 5 heteroatoms. The summed E-state index contributed by atoms with van der Waals surface area (Å²) in [6.45, 7) is 3.75. The number of nitrogens with zero attached hydrogens (tertiary/aromatic N) is 1. The quantitative estimate of drug-likeness (QED) is 0.503. The first kappa shape index (κ1) is 9.89. The van der Waals surface area contributed by atoms with E-state index in [1.165, 1.54) is 12.8 Å². The maximum atomic E-state index is 11.0. The van der Waals surface area contributed by atoms with E-state index in [-0.39, 0.29) is 11.9 Å². The van der Waals surface area contributed by atoms with Crippen LogP contribution in [0.25, 0.3) is 0 Å². The predicted octanol–water partition coefficient (Wildman–Crippen LogP) is -1.54. The molecule has 0 radical (unpaired) electrons. The van der Waals surface area contributed by atoms with Gasteiger partial charge in [-0.05, 0) is 25.9 Å². The van der Waals surface area contributed by atoms with E-state index in [0.717, 1.165) is 26.3 Å². The smallest absolute Gasteiger partial charge is 0.235 e. The lowest BCUT2D eigenvalue weighted by atomic mass is 10.1. The van der Waals surface area contributed by atoms with E-state index in [1.54, 1.807) is 0 Å². The van der Waals surface area contributed by atoms with Crippen molar-refractivity contribution in [2.24, 2.45) is 5.73 Å². The molecule has 0 bridgehead atoms. The fraction of sp³-hybridized carbons (Fsp3) is 0.889. The highest BCUT2D eigenvalue weighted by molar-refractivity contribution is 5.80. The Morgan fingerprint density at radius 3 is 2.64 bits per heavy atom. The van der Waals surface area contributed by atoms with Crippen LogP contribution in [0.15, 0.2) is 0 Å². The Labute approximate surface area is 84.0 Å². The van der Waals surface area contributed by atoms with Crippen LogP contribution in [0, 0.1) is 0 Å². The zero-order valence-corrected chi connectivity index (χ0v) is 8.33. The molecule has 0 saturated carbocycles. The van der Waals surface area contributed by atoms with Gasteiger partial charge in [0.1, 0.15) is 6.04 Å². The average Bonchev–Trinajstić information content (AvgIpc) is 2.68. The number of carbonyl (C=O) groups excluding carboxylic acids is 1. The van der Waals surface area contributed by atoms with E-state index in [0.29, 0.717) is 6.04 Å². The van der Waals surface area contributed by atoms with Crippen molar-refractivity contribution < 1.29 is 4.79 Å². The van der Waals surface area contributed by atoms with Crippen LogP contribution in [-0.4, -0.2) is 49.2 Å². The summed E-state index contributed by atoms with van der Waals surface area (Å²) < 4.78 is 0. The van der Waals surface area contributed by atoms with E-state index in [9.17, 15) is 4.79 Å². The van der Waals surface area contributed by atoms with Crippen LogP contribution in [0.5, 0.6) is 0 Å². The van der Waals surface area contributed by atoms with Crippen molar-refractivity contribution in [1.82, 2.24) is 15.5 Å². The van der Waals surface area contributed by atoms with Gasteiger partial charge in [0.15, 0.2) is 0 Å². The molecule has 2 heterocycles. The Morgan fingerprint density at radius 1 is 1.36 bits per heavy atom. The molecule has 4 N–H and O–H groups in total. The number of hydrogen-bond donors (Lipinski definition) is 3. The third-order valence-electron chi connectivity index (χ3n) is 3.13. The molecule has 1 atom stereocenters. The number of amides is 1. The van der Waals surface area contributed by atoms with E-state index in [2.05, 4.69) is 15.5 Å². The minimum absolute atomic E-state index is 0.148. The molecule has 1 unspecified atom stereocenters. The van der Waals surface area contributed by atoms with Gasteiger partial charge in [0, 0.05) is 19.3 Å². The Balaban J connectivity index is 1.85. The molecule has 0 aromatic rings. The number of carbonyl (C=O) groups is 1. The zero-order valence-electron chi connectivity index (χ0n) is 8.33. The fourth-order valence-corrected chi connectivity index (χ4v) is 2.23. The van der Waals surface area contributed by atoms with E-state index in [1.807, 2.05) is 0 Å². The second-order valence-electron chi connectivity index (χ2n) is 4.07. The number of primary amides is 1. The SMILES string of the molecule is NC(=O)C1CN(C2CCNCC2)CN1. The monoisotopic (exact) mass is 198 g/mol. The number of piperidine rings is 1. The molecule has 1 amide bonds. The summed E-state index contributed by atoms with van der Waals surface area (Å²) in [5.41, 5.74) is 5.25. The van der Waals surface area contributed by atoms with Crippen molar-refractivity contribution in [2.45, 2.75) is 24.9 Å². The highest BCUT2D eigenvalue weighted by atomic mass is 16.1. The molecule has 0 spiro atoms. The number of nitrogens with one attached hydrogen (secondary N) is 2. The van der Waals surface area contributed by atoms with Gasteiger partial charge in [-0.15, -0.1) is 0 Å². The molecule has 2 saturated heterocycles. The van der Waals surface area contributed by atoms with Crippen molar-refractivity contribution in [1.29, 1.82) is 0 Å². The second-order valence-corrected chi connectivity index (χ2v) is 4.07. The molecular weight excluding hydrogens is 180 g/mol. The van der Waals surface area contributed by atoms with Crippen LogP contribution < -0.4 is 16.4 Å². The Hall–Kier alpha value is -0.650. The number of rotatable bonds is 2. The van der Waals surface area contributed by atoms with Crippen LogP contribution >= 0.6 is 0 Å². The minimum Gasteiger partial charge on any atom is -0.368 e. The van der Waals surface area contributed by atoms with Crippen molar-refractivity contribution >= 4 is 5.91 Å². The van der Waals surface area contributed by atoms with Crippen molar-refractivity contribution in [3.8, 4) is 0 Å². The average molecular weight is 198 g/mol. The highest BCUT2D eigenvalue weighted by Crippen LogP contribution is 2.14. The molecule has 2 rings (SSSR count). The molecular formula is C9H18N4O. The van der Waals surface area contributed by atoms with Gasteiger partial charge in [-0.1, -0.05) is 0 Å². The normalized spacial score (nSPS) is 30.7. The zero-order chi connectivity index (χ0) is 9.97. The van der Waals surface area contributed by atoms with Gasteiger partial charge in [-0.25, -0.2) is 0 Å². The number of nitrogens with two attached hydrogens (primary N) is 1. The van der Waals surface area contributed by atoms with E-state index < -0.39 is 0 Å². The Bertz CT molecular complexity index is 215. The number of hydrogen-bond acceptors (Lipinski definition) is 4. The lowest BCUT2D eigenvalue weighted by molar-refractivity contribution is -0.119. The third-order valence-corrected chi connectivity index (χ3v) is 3.13. The van der Waals surface area contributed by atoms with Crippen molar-refractivity contribution in [3.63, 3.8) is 0 Å². The van der Waals surface area contributed by atoms with Crippen LogP contribution in [0.1, 0.15) is 12.8 Å². The first-order valence-electron chi connectivity index (χ1n) is 5.25. The predicted molar refractivity (Wildman–Crippen MR) is 53.6 cm³/mol. The second kappa shape index (κ2) is 4.25. The van der Waals surface area contributed by atoms with E-state index in [4.69, 9.17) is 5.73 Å². The van der Waals surface area contributed by atoms with Crippen LogP contribution in [0.2, 0.25) is 0 Å². The van der Waals surface area contributed by atoms with Gasteiger partial charge in [-0.3, -0.25) is 15.0 Å². The molecule has 0 aromatic heterocycles. The first-order valence-corrected chi connectivity index (χ1v) is 5.25. The Morgan fingerprint density at radius 2 is 2.07 bits per heavy atom. The van der Waals surface area contributed by atoms with Gasteiger partial charge in [0.05, 0.1) is 0 Å². The lowest BCUT2D eigenvalue weighted by Crippen LogP contribution is -2.43. The molecule has 2 aliphatic heterocycles. The van der Waals surface area contributed by atoms with Gasteiger partial charge in [0.25, 0.3) is 0 Å². The minimum atomic E-state index is -0.235. The summed E-state index contributed by atoms with van der Waals surface area (Å²) in [4.78, 5) is 13.3. The molecule has 0 aromatic carbocycles. The maximum absolute atomic E-state index is 11.0. The summed E-state index contributed by atoms with van der Waals surface area (Å²) in [5, 5.41) is 6.47. The van der Waals surface area contributed by atoms with Gasteiger partial charge in [0.2, 0.25) is 5.91 Å². The third kappa shape index (κ3) is 2.05.